The van der Waals surface area contributed by atoms with E-state index in [4.69, 9.17) is 5.73 Å². The second kappa shape index (κ2) is 3.79. The molecule has 1 aliphatic carbocycles. The van der Waals surface area contributed by atoms with Crippen molar-refractivity contribution in [3.63, 3.8) is 0 Å². The van der Waals surface area contributed by atoms with Crippen molar-refractivity contribution < 1.29 is 4.79 Å². The maximum Gasteiger partial charge on any atom is 0.163 e. The molecule has 0 heterocycles. The molecule has 0 atom stereocenters. The number of carbonyl (C=O) groups excluding carboxylic acids is 1. The van der Waals surface area contributed by atoms with Crippen molar-refractivity contribution in [2.24, 2.45) is 0 Å². The van der Waals surface area contributed by atoms with Gasteiger partial charge in [0.2, 0.25) is 0 Å². The van der Waals surface area contributed by atoms with E-state index in [0.29, 0.717) is 6.42 Å². The molecule has 0 bridgehead atoms. The molecule has 0 saturated heterocycles. The molecule has 1 aromatic carbocycles. The molecule has 1 aliphatic rings. The molecule has 13 heavy (non-hydrogen) atoms. The molecule has 0 unspecified atom stereocenters. The Morgan fingerprint density at radius 1 is 1.23 bits per heavy atom. The van der Waals surface area contributed by atoms with Crippen LogP contribution in [0.1, 0.15) is 28.8 Å². The lowest BCUT2D eigenvalue weighted by atomic mass is 9.90. The second-order valence-corrected chi connectivity index (χ2v) is 3.19. The first-order valence-electron chi connectivity index (χ1n) is 4.19. The molecule has 0 spiro atoms. The van der Waals surface area contributed by atoms with Crippen molar-refractivity contribution >= 4 is 23.9 Å². The summed E-state index contributed by atoms with van der Waals surface area (Å²) in [5, 5.41) is 0. The molecule has 2 rings (SSSR count). The smallest absolute Gasteiger partial charge is 0.163 e. The van der Waals surface area contributed by atoms with Gasteiger partial charge in [0.15, 0.2) is 5.78 Å². The Morgan fingerprint density at radius 2 is 2.00 bits per heavy atom. The molecule has 2 N–H and O–H groups in total. The van der Waals surface area contributed by atoms with Crippen LogP contribution in [0.3, 0.4) is 0 Å². The van der Waals surface area contributed by atoms with E-state index in [1.807, 2.05) is 12.1 Å². The van der Waals surface area contributed by atoms with Gasteiger partial charge >= 0.3 is 0 Å². The number of hydrogen-bond acceptors (Lipinski definition) is 2. The third kappa shape index (κ3) is 1.83. The standard InChI is InChI=1S/C10H11NO.ClH/c11-8-4-5-9-7(6-8)2-1-3-10(9)12;/h4-6H,1-3,11H2;1H. The summed E-state index contributed by atoms with van der Waals surface area (Å²) in [6.07, 6.45) is 2.65. The normalized spacial score (nSPS) is 14.6. The minimum absolute atomic E-state index is 0. The SMILES string of the molecule is Cl.Nc1ccc2c(c1)CCCC2=O. The Balaban J connectivity index is 0.000000845. The van der Waals surface area contributed by atoms with E-state index in [0.717, 1.165) is 29.7 Å². The van der Waals surface area contributed by atoms with E-state index in [1.54, 1.807) is 6.07 Å². The first-order chi connectivity index (χ1) is 5.77. The number of aryl methyl sites for hydroxylation is 1. The Hall–Kier alpha value is -1.02. The molecule has 70 valence electrons. The van der Waals surface area contributed by atoms with Gasteiger partial charge in [-0.25, -0.2) is 0 Å². The van der Waals surface area contributed by atoms with Crippen LogP contribution in [0.15, 0.2) is 18.2 Å². The zero-order valence-electron chi connectivity index (χ0n) is 7.25. The third-order valence-electron chi connectivity index (χ3n) is 2.28. The highest BCUT2D eigenvalue weighted by Gasteiger charge is 2.16. The first kappa shape index (κ1) is 10.1. The summed E-state index contributed by atoms with van der Waals surface area (Å²) in [6.45, 7) is 0. The molecule has 3 heteroatoms. The summed E-state index contributed by atoms with van der Waals surface area (Å²) in [7, 11) is 0. The fourth-order valence-corrected chi connectivity index (χ4v) is 1.67. The molecule has 2 nitrogen and oxygen atoms in total. The lowest BCUT2D eigenvalue weighted by Crippen LogP contribution is -2.10. The van der Waals surface area contributed by atoms with Crippen LogP contribution < -0.4 is 5.73 Å². The minimum Gasteiger partial charge on any atom is -0.399 e. The van der Waals surface area contributed by atoms with Crippen LogP contribution in [0.2, 0.25) is 0 Å². The highest BCUT2D eigenvalue weighted by Crippen LogP contribution is 2.22. The van der Waals surface area contributed by atoms with E-state index in [1.165, 1.54) is 0 Å². The van der Waals surface area contributed by atoms with E-state index in [9.17, 15) is 4.79 Å². The van der Waals surface area contributed by atoms with E-state index >= 15 is 0 Å². The van der Waals surface area contributed by atoms with Crippen molar-refractivity contribution in [2.75, 3.05) is 5.73 Å². The molecule has 0 aliphatic heterocycles. The van der Waals surface area contributed by atoms with Gasteiger partial charge in [-0.3, -0.25) is 4.79 Å². The van der Waals surface area contributed by atoms with E-state index < -0.39 is 0 Å². The Kier molecular flexibility index (Phi) is 2.94. The second-order valence-electron chi connectivity index (χ2n) is 3.19. The number of nitrogens with two attached hydrogens (primary N) is 1. The van der Waals surface area contributed by atoms with Crippen molar-refractivity contribution in [3.8, 4) is 0 Å². The van der Waals surface area contributed by atoms with Crippen molar-refractivity contribution in [1.82, 2.24) is 0 Å². The van der Waals surface area contributed by atoms with Crippen molar-refractivity contribution in [1.29, 1.82) is 0 Å². The highest BCUT2D eigenvalue weighted by molar-refractivity contribution is 5.98. The molecular formula is C10H12ClNO. The first-order valence-corrected chi connectivity index (χ1v) is 4.19. The summed E-state index contributed by atoms with van der Waals surface area (Å²) in [6, 6.07) is 5.54. The molecule has 0 fully saturated rings. The Morgan fingerprint density at radius 3 is 2.77 bits per heavy atom. The van der Waals surface area contributed by atoms with Crippen LogP contribution in [0, 0.1) is 0 Å². The van der Waals surface area contributed by atoms with Gasteiger partial charge < -0.3 is 5.73 Å². The number of benzene rings is 1. The van der Waals surface area contributed by atoms with Crippen molar-refractivity contribution in [3.05, 3.63) is 29.3 Å². The molecule has 0 aromatic heterocycles. The van der Waals surface area contributed by atoms with E-state index in [-0.39, 0.29) is 18.2 Å². The van der Waals surface area contributed by atoms with E-state index in [2.05, 4.69) is 0 Å². The zero-order chi connectivity index (χ0) is 8.55. The predicted octanol–water partition coefficient (Wildman–Crippen LogP) is 2.21. The van der Waals surface area contributed by atoms with Crippen LogP contribution in [-0.2, 0) is 6.42 Å². The van der Waals surface area contributed by atoms with Gasteiger partial charge in [0.05, 0.1) is 0 Å². The van der Waals surface area contributed by atoms with Crippen LogP contribution in [0.4, 0.5) is 5.69 Å². The largest absolute Gasteiger partial charge is 0.399 e. The molecule has 0 amide bonds. The van der Waals surface area contributed by atoms with Gasteiger partial charge in [-0.15, -0.1) is 12.4 Å². The summed E-state index contributed by atoms with van der Waals surface area (Å²) in [4.78, 5) is 11.4. The Labute approximate surface area is 83.5 Å². The van der Waals surface area contributed by atoms with Gasteiger partial charge in [0.25, 0.3) is 0 Å². The average Bonchev–Trinajstić information content (AvgIpc) is 2.04. The molecule has 0 radical (unpaired) electrons. The maximum atomic E-state index is 11.4. The monoisotopic (exact) mass is 197 g/mol. The lowest BCUT2D eigenvalue weighted by molar-refractivity contribution is 0.0972. The quantitative estimate of drug-likeness (QED) is 0.648. The fourth-order valence-electron chi connectivity index (χ4n) is 1.67. The van der Waals surface area contributed by atoms with Gasteiger partial charge in [-0.2, -0.15) is 0 Å². The maximum absolute atomic E-state index is 11.4. The van der Waals surface area contributed by atoms with Gasteiger partial charge in [0, 0.05) is 17.7 Å². The van der Waals surface area contributed by atoms with Crippen molar-refractivity contribution in [2.45, 2.75) is 19.3 Å². The summed E-state index contributed by atoms with van der Waals surface area (Å²) >= 11 is 0. The number of ketones is 1. The third-order valence-corrected chi connectivity index (χ3v) is 2.28. The minimum atomic E-state index is 0. The fraction of sp³-hybridized carbons (Fsp3) is 0.300. The molecule has 0 saturated carbocycles. The number of hydrogen-bond donors (Lipinski definition) is 1. The summed E-state index contributed by atoms with van der Waals surface area (Å²) in [5.41, 5.74) is 8.36. The van der Waals surface area contributed by atoms with Crippen LogP contribution >= 0.6 is 12.4 Å². The van der Waals surface area contributed by atoms with Crippen LogP contribution in [0.25, 0.3) is 0 Å². The average molecular weight is 198 g/mol. The van der Waals surface area contributed by atoms with Gasteiger partial charge in [-0.1, -0.05) is 0 Å². The number of nitrogen functional groups attached to an aromatic ring is 1. The number of rotatable bonds is 0. The number of halogens is 1. The van der Waals surface area contributed by atoms with Gasteiger partial charge in [-0.05, 0) is 36.6 Å². The number of fused-ring (bicyclic) bond motifs is 1. The van der Waals surface area contributed by atoms with Crippen LogP contribution in [0.5, 0.6) is 0 Å². The molecular weight excluding hydrogens is 186 g/mol. The zero-order valence-corrected chi connectivity index (χ0v) is 8.06. The van der Waals surface area contributed by atoms with Gasteiger partial charge in [0.1, 0.15) is 0 Å². The number of anilines is 1. The number of carbonyl (C=O) groups is 1. The van der Waals surface area contributed by atoms with Crippen LogP contribution in [-0.4, -0.2) is 5.78 Å². The highest BCUT2D eigenvalue weighted by atomic mass is 35.5. The topological polar surface area (TPSA) is 43.1 Å². The summed E-state index contributed by atoms with van der Waals surface area (Å²) in [5.74, 6) is 0.260. The summed E-state index contributed by atoms with van der Waals surface area (Å²) < 4.78 is 0. The predicted molar refractivity (Wildman–Crippen MR) is 55.4 cm³/mol. The number of Topliss-reactive ketones (excluding diaryl/α,β-unsaturated/α-hetero) is 1. The Bertz CT molecular complexity index is 336. The molecule has 1 aromatic rings. The lowest BCUT2D eigenvalue weighted by Gasteiger charge is -2.14.